The Morgan fingerprint density at radius 2 is 1.62 bits per heavy atom. The van der Waals surface area contributed by atoms with Gasteiger partial charge in [-0.25, -0.2) is 4.79 Å². The normalized spacial score (nSPS) is 13.7. The zero-order valence-corrected chi connectivity index (χ0v) is 16.6. The van der Waals surface area contributed by atoms with Gasteiger partial charge in [-0.15, -0.1) is 0 Å². The van der Waals surface area contributed by atoms with Crippen molar-refractivity contribution in [3.63, 3.8) is 0 Å². The molecule has 0 radical (unpaired) electrons. The molecule has 0 saturated heterocycles. The lowest BCUT2D eigenvalue weighted by Crippen LogP contribution is -2.55. The van der Waals surface area contributed by atoms with Gasteiger partial charge in [0.25, 0.3) is 0 Å². The smallest absolute Gasteiger partial charge is 0.326 e. The summed E-state index contributed by atoms with van der Waals surface area (Å²) in [4.78, 5) is 47.1. The summed E-state index contributed by atoms with van der Waals surface area (Å²) in [6, 6.07) is 2.27. The van der Waals surface area contributed by atoms with Crippen molar-refractivity contribution in [3.05, 3.63) is 29.8 Å². The molecule has 0 fully saturated rings. The van der Waals surface area contributed by atoms with Crippen molar-refractivity contribution in [3.8, 4) is 5.75 Å². The number of rotatable bonds is 12. The molecule has 1 aromatic rings. The highest BCUT2D eigenvalue weighted by Crippen LogP contribution is 2.11. The van der Waals surface area contributed by atoms with Crippen LogP contribution in [0, 0.1) is 0 Å². The Hall–Kier alpha value is -2.79. The van der Waals surface area contributed by atoms with Crippen molar-refractivity contribution in [2.24, 2.45) is 5.73 Å². The Morgan fingerprint density at radius 1 is 1.03 bits per heavy atom. The molecule has 0 saturated carbocycles. The van der Waals surface area contributed by atoms with E-state index in [1.807, 2.05) is 0 Å². The number of phenolic OH excluding ortho intramolecular Hbond substituents is 1. The number of aliphatic carboxylic acids is 2. The van der Waals surface area contributed by atoms with Gasteiger partial charge in [-0.3, -0.25) is 14.4 Å². The average molecular weight is 427 g/mol. The van der Waals surface area contributed by atoms with Gasteiger partial charge in [0.2, 0.25) is 11.8 Å². The number of aromatic hydroxyl groups is 1. The summed E-state index contributed by atoms with van der Waals surface area (Å²) in [7, 11) is 0. The van der Waals surface area contributed by atoms with Gasteiger partial charge in [0.05, 0.1) is 12.5 Å². The van der Waals surface area contributed by atoms with Crippen LogP contribution < -0.4 is 16.4 Å². The van der Waals surface area contributed by atoms with Gasteiger partial charge in [0, 0.05) is 0 Å². The number of phenols is 1. The van der Waals surface area contributed by atoms with Crippen LogP contribution in [-0.4, -0.2) is 69.2 Å². The Kier molecular flexibility index (Phi) is 9.97. The molecule has 0 spiro atoms. The van der Waals surface area contributed by atoms with E-state index >= 15 is 0 Å². The van der Waals surface area contributed by atoms with Crippen LogP contribution in [0.5, 0.6) is 5.75 Å². The summed E-state index contributed by atoms with van der Waals surface area (Å²) < 4.78 is 0. The SMILES string of the molecule is CSCC[C@H](NC(=O)[C@H](CC(=O)O)NC(=O)[C@@H](N)Cc1ccc(O)cc1)C(=O)O. The number of hydrogen-bond acceptors (Lipinski definition) is 7. The minimum absolute atomic E-state index is 0.0550. The fourth-order valence-corrected chi connectivity index (χ4v) is 2.88. The van der Waals surface area contributed by atoms with Crippen molar-refractivity contribution in [1.29, 1.82) is 0 Å². The molecule has 1 aromatic carbocycles. The van der Waals surface area contributed by atoms with Crippen molar-refractivity contribution < 1.29 is 34.5 Å². The summed E-state index contributed by atoms with van der Waals surface area (Å²) in [6.45, 7) is 0. The topological polar surface area (TPSA) is 179 Å². The van der Waals surface area contributed by atoms with Crippen LogP contribution in [0.2, 0.25) is 0 Å². The van der Waals surface area contributed by atoms with E-state index in [1.54, 1.807) is 18.4 Å². The quantitative estimate of drug-likeness (QED) is 0.257. The van der Waals surface area contributed by atoms with Crippen LogP contribution in [0.15, 0.2) is 24.3 Å². The molecule has 160 valence electrons. The summed E-state index contributed by atoms with van der Waals surface area (Å²) in [5.74, 6) is -3.73. The van der Waals surface area contributed by atoms with Crippen LogP contribution in [0.3, 0.4) is 0 Å². The van der Waals surface area contributed by atoms with Crippen LogP contribution in [0.1, 0.15) is 18.4 Å². The summed E-state index contributed by atoms with van der Waals surface area (Å²) >= 11 is 1.40. The van der Waals surface area contributed by atoms with E-state index < -0.39 is 48.3 Å². The molecule has 7 N–H and O–H groups in total. The van der Waals surface area contributed by atoms with E-state index in [4.69, 9.17) is 10.8 Å². The maximum absolute atomic E-state index is 12.4. The van der Waals surface area contributed by atoms with Crippen molar-refractivity contribution in [2.75, 3.05) is 12.0 Å². The standard InChI is InChI=1S/C18H25N3O7S/c1-29-7-6-13(18(27)28)20-17(26)14(9-15(23)24)21-16(25)12(19)8-10-2-4-11(22)5-3-10/h2-5,12-14,22H,6-9,19H2,1H3,(H,20,26)(H,21,25)(H,23,24)(H,27,28)/t12-,13-,14-/m0/s1. The number of nitrogens with two attached hydrogens (primary N) is 1. The van der Waals surface area contributed by atoms with Crippen LogP contribution in [-0.2, 0) is 25.6 Å². The molecule has 1 rings (SSSR count). The lowest BCUT2D eigenvalue weighted by atomic mass is 10.0. The third-order valence-electron chi connectivity index (χ3n) is 3.97. The summed E-state index contributed by atoms with van der Waals surface area (Å²) in [6.07, 6.45) is 1.30. The molecule has 0 aliphatic carbocycles. The first kappa shape index (κ1) is 24.2. The first-order valence-corrected chi connectivity index (χ1v) is 10.1. The molecular weight excluding hydrogens is 402 g/mol. The van der Waals surface area contributed by atoms with Crippen LogP contribution in [0.25, 0.3) is 0 Å². The number of amides is 2. The van der Waals surface area contributed by atoms with Gasteiger partial charge >= 0.3 is 11.9 Å². The van der Waals surface area contributed by atoms with Crippen molar-refractivity contribution in [2.45, 2.75) is 37.4 Å². The molecule has 2 amide bonds. The molecule has 0 heterocycles. The van der Waals surface area contributed by atoms with E-state index in [9.17, 15) is 29.4 Å². The number of nitrogens with one attached hydrogen (secondary N) is 2. The third-order valence-corrected chi connectivity index (χ3v) is 4.61. The highest BCUT2D eigenvalue weighted by Gasteiger charge is 2.29. The number of carbonyl (C=O) groups is 4. The highest BCUT2D eigenvalue weighted by atomic mass is 32.2. The second kappa shape index (κ2) is 11.9. The lowest BCUT2D eigenvalue weighted by molar-refractivity contribution is -0.143. The second-order valence-electron chi connectivity index (χ2n) is 6.32. The number of carboxylic acid groups (broad SMARTS) is 2. The van der Waals surface area contributed by atoms with Gasteiger partial charge in [-0.2, -0.15) is 11.8 Å². The Bertz CT molecular complexity index is 727. The van der Waals surface area contributed by atoms with E-state index in [1.165, 1.54) is 23.9 Å². The largest absolute Gasteiger partial charge is 0.508 e. The van der Waals surface area contributed by atoms with E-state index in [2.05, 4.69) is 10.6 Å². The first-order chi connectivity index (χ1) is 13.6. The minimum Gasteiger partial charge on any atom is -0.508 e. The molecule has 0 unspecified atom stereocenters. The molecule has 11 heteroatoms. The van der Waals surface area contributed by atoms with E-state index in [0.717, 1.165) is 0 Å². The molecule has 0 aliphatic rings. The van der Waals surface area contributed by atoms with Crippen LogP contribution >= 0.6 is 11.8 Å². The fraction of sp³-hybridized carbons (Fsp3) is 0.444. The maximum atomic E-state index is 12.4. The zero-order chi connectivity index (χ0) is 22.0. The van der Waals surface area contributed by atoms with Gasteiger partial charge in [0.1, 0.15) is 17.8 Å². The number of benzene rings is 1. The average Bonchev–Trinajstić information content (AvgIpc) is 2.65. The Labute approximate surface area is 171 Å². The van der Waals surface area contributed by atoms with Gasteiger partial charge in [0.15, 0.2) is 0 Å². The van der Waals surface area contributed by atoms with Crippen LogP contribution in [0.4, 0.5) is 0 Å². The van der Waals surface area contributed by atoms with Gasteiger partial charge in [-0.1, -0.05) is 12.1 Å². The number of thioether (sulfide) groups is 1. The first-order valence-electron chi connectivity index (χ1n) is 8.71. The number of hydrogen-bond donors (Lipinski definition) is 6. The van der Waals surface area contributed by atoms with Crippen molar-refractivity contribution >= 4 is 35.5 Å². The monoisotopic (exact) mass is 427 g/mol. The molecule has 0 bridgehead atoms. The Morgan fingerprint density at radius 3 is 2.14 bits per heavy atom. The maximum Gasteiger partial charge on any atom is 0.326 e. The summed E-state index contributed by atoms with van der Waals surface area (Å²) in [5, 5.41) is 32.0. The number of carbonyl (C=O) groups excluding carboxylic acids is 2. The predicted molar refractivity (Wildman–Crippen MR) is 107 cm³/mol. The molecule has 29 heavy (non-hydrogen) atoms. The van der Waals surface area contributed by atoms with Gasteiger partial charge < -0.3 is 31.7 Å². The highest BCUT2D eigenvalue weighted by molar-refractivity contribution is 7.98. The van der Waals surface area contributed by atoms with Gasteiger partial charge in [-0.05, 0) is 42.5 Å². The Balaban J connectivity index is 2.78. The third kappa shape index (κ3) is 8.83. The van der Waals surface area contributed by atoms with Crippen molar-refractivity contribution in [1.82, 2.24) is 10.6 Å². The fourth-order valence-electron chi connectivity index (χ4n) is 2.41. The molecular formula is C18H25N3O7S. The molecule has 10 nitrogen and oxygen atoms in total. The summed E-state index contributed by atoms with van der Waals surface area (Å²) in [5.41, 5.74) is 6.49. The molecule has 0 aliphatic heterocycles. The second-order valence-corrected chi connectivity index (χ2v) is 7.30. The molecule has 3 atom stereocenters. The lowest BCUT2D eigenvalue weighted by Gasteiger charge is -2.22. The predicted octanol–water partition coefficient (Wildman–Crippen LogP) is -0.456. The van der Waals surface area contributed by atoms with E-state index in [-0.39, 0.29) is 18.6 Å². The zero-order valence-electron chi connectivity index (χ0n) is 15.8. The minimum atomic E-state index is -1.47. The molecule has 0 aromatic heterocycles. The number of carboxylic acids is 2. The van der Waals surface area contributed by atoms with E-state index in [0.29, 0.717) is 11.3 Å².